The molecule has 1 aliphatic carbocycles. The Labute approximate surface area is 201 Å². The van der Waals surface area contributed by atoms with Crippen molar-refractivity contribution in [3.8, 4) is 0 Å². The van der Waals surface area contributed by atoms with Gasteiger partial charge in [0.25, 0.3) is 0 Å². The number of aromatic nitrogens is 2. The van der Waals surface area contributed by atoms with Crippen LogP contribution in [0.25, 0.3) is 0 Å². The van der Waals surface area contributed by atoms with Gasteiger partial charge < -0.3 is 20.6 Å². The van der Waals surface area contributed by atoms with Crippen LogP contribution in [0.2, 0.25) is 0 Å². The smallest absolute Gasteiger partial charge is 0.393 e. The van der Waals surface area contributed by atoms with Crippen molar-refractivity contribution >= 4 is 12.0 Å². The number of halogens is 4. The summed E-state index contributed by atoms with van der Waals surface area (Å²) in [7, 11) is 0. The first kappa shape index (κ1) is 25.2. The number of urea groups is 1. The minimum Gasteiger partial charge on any atom is -0.393 e. The van der Waals surface area contributed by atoms with Gasteiger partial charge in [0.05, 0.1) is 29.9 Å². The molecule has 2 aromatic rings. The Morgan fingerprint density at radius 1 is 1.26 bits per heavy atom. The maximum absolute atomic E-state index is 14.2. The van der Waals surface area contributed by atoms with Crippen molar-refractivity contribution < 1.29 is 27.5 Å². The summed E-state index contributed by atoms with van der Waals surface area (Å²) in [5, 5.41) is 15.8. The molecule has 0 saturated heterocycles. The van der Waals surface area contributed by atoms with E-state index in [1.807, 2.05) is 0 Å². The lowest BCUT2D eigenvalue weighted by atomic mass is 9.95. The first-order valence-corrected chi connectivity index (χ1v) is 11.7. The Morgan fingerprint density at radius 3 is 2.66 bits per heavy atom. The molecule has 2 heterocycles. The van der Waals surface area contributed by atoms with Crippen molar-refractivity contribution in [2.75, 3.05) is 11.9 Å². The highest BCUT2D eigenvalue weighted by molar-refractivity contribution is 5.75. The first-order chi connectivity index (χ1) is 16.5. The summed E-state index contributed by atoms with van der Waals surface area (Å²) in [6, 6.07) is 1.77. The number of anilines is 1. The van der Waals surface area contributed by atoms with Crippen molar-refractivity contribution in [1.29, 1.82) is 0 Å². The van der Waals surface area contributed by atoms with Gasteiger partial charge >= 0.3 is 12.2 Å². The first-order valence-electron chi connectivity index (χ1n) is 11.7. The topological polar surface area (TPSA) is 90.4 Å². The van der Waals surface area contributed by atoms with Gasteiger partial charge in [-0.15, -0.1) is 0 Å². The Morgan fingerprint density at radius 2 is 2.03 bits per heavy atom. The number of alkyl halides is 3. The standard InChI is InChI=1S/C24H29F4N5O2/c1-13(2)21(14-3-6-18(19(25)9-14)24(26,27)28)32-23(35)33-8-7-15-11-29-22(31-20(15)12-33)30-16-4-5-17(34)10-16/h3,6,9,11,13,16-17,21,34H,4-5,7-8,10,12H2,1-2H3,(H,32,35)(H,29,30,31)/t16-,17-,21+/m0/s1. The number of aliphatic hydroxyl groups excluding tert-OH is 1. The van der Waals surface area contributed by atoms with Gasteiger partial charge in [0, 0.05) is 18.8 Å². The molecule has 190 valence electrons. The molecule has 3 N–H and O–H groups in total. The molecule has 0 bridgehead atoms. The van der Waals surface area contributed by atoms with E-state index in [4.69, 9.17) is 0 Å². The molecule has 3 atom stereocenters. The van der Waals surface area contributed by atoms with Crippen LogP contribution in [0, 0.1) is 11.7 Å². The van der Waals surface area contributed by atoms with E-state index in [9.17, 15) is 27.5 Å². The van der Waals surface area contributed by atoms with Crippen molar-refractivity contribution in [1.82, 2.24) is 20.2 Å². The fourth-order valence-electron chi connectivity index (χ4n) is 4.63. The van der Waals surface area contributed by atoms with E-state index in [1.165, 1.54) is 6.07 Å². The molecule has 0 spiro atoms. The average molecular weight is 496 g/mol. The minimum atomic E-state index is -4.78. The van der Waals surface area contributed by atoms with E-state index >= 15 is 0 Å². The minimum absolute atomic E-state index is 0.0990. The van der Waals surface area contributed by atoms with Crippen LogP contribution in [0.3, 0.4) is 0 Å². The largest absolute Gasteiger partial charge is 0.419 e. The molecule has 1 aliphatic heterocycles. The molecular formula is C24H29F4N5O2. The summed E-state index contributed by atoms with van der Waals surface area (Å²) >= 11 is 0. The molecule has 2 amide bonds. The number of carbonyl (C=O) groups is 1. The highest BCUT2D eigenvalue weighted by Crippen LogP contribution is 2.33. The Balaban J connectivity index is 1.45. The van der Waals surface area contributed by atoms with E-state index in [0.717, 1.165) is 24.5 Å². The number of rotatable bonds is 5. The summed E-state index contributed by atoms with van der Waals surface area (Å²) in [6.07, 6.45) is -0.604. The monoisotopic (exact) mass is 495 g/mol. The van der Waals surface area contributed by atoms with Crippen LogP contribution in [-0.2, 0) is 19.1 Å². The Bertz CT molecular complexity index is 1080. The number of nitrogens with one attached hydrogen (secondary N) is 2. The van der Waals surface area contributed by atoms with Gasteiger partial charge in [-0.1, -0.05) is 19.9 Å². The van der Waals surface area contributed by atoms with E-state index in [0.29, 0.717) is 37.1 Å². The van der Waals surface area contributed by atoms with Gasteiger partial charge in [0.1, 0.15) is 5.82 Å². The molecule has 1 saturated carbocycles. The van der Waals surface area contributed by atoms with Crippen molar-refractivity contribution in [2.24, 2.45) is 5.92 Å². The molecule has 1 fully saturated rings. The zero-order chi connectivity index (χ0) is 25.3. The maximum atomic E-state index is 14.2. The van der Waals surface area contributed by atoms with Crippen LogP contribution in [0.4, 0.5) is 28.3 Å². The predicted molar refractivity (Wildman–Crippen MR) is 121 cm³/mol. The average Bonchev–Trinajstić information content (AvgIpc) is 3.20. The number of carbonyl (C=O) groups excluding carboxylic acids is 1. The Hall–Kier alpha value is -2.95. The van der Waals surface area contributed by atoms with Crippen molar-refractivity contribution in [3.63, 3.8) is 0 Å². The molecule has 0 unspecified atom stereocenters. The third-order valence-corrected chi connectivity index (χ3v) is 6.57. The predicted octanol–water partition coefficient (Wildman–Crippen LogP) is 4.42. The molecule has 0 radical (unpaired) electrons. The quantitative estimate of drug-likeness (QED) is 0.534. The second kappa shape index (κ2) is 9.96. The van der Waals surface area contributed by atoms with Gasteiger partial charge in [-0.2, -0.15) is 13.2 Å². The summed E-state index contributed by atoms with van der Waals surface area (Å²) in [4.78, 5) is 23.6. The van der Waals surface area contributed by atoms with Crippen molar-refractivity contribution in [3.05, 3.63) is 52.6 Å². The number of benzene rings is 1. The Kier molecular flexibility index (Phi) is 7.16. The lowest BCUT2D eigenvalue weighted by Crippen LogP contribution is -2.45. The number of amides is 2. The SMILES string of the molecule is CC(C)[C@@H](NC(=O)N1CCc2cnc(N[C@H]3CC[C@H](O)C3)nc2C1)c1ccc(C(F)(F)F)c(F)c1. The number of hydrogen-bond donors (Lipinski definition) is 3. The maximum Gasteiger partial charge on any atom is 0.419 e. The van der Waals surface area contributed by atoms with Crippen LogP contribution >= 0.6 is 0 Å². The van der Waals surface area contributed by atoms with E-state index < -0.39 is 29.6 Å². The van der Waals surface area contributed by atoms with E-state index in [-0.39, 0.29) is 30.2 Å². The summed E-state index contributed by atoms with van der Waals surface area (Å²) in [5.41, 5.74) is 0.586. The highest BCUT2D eigenvalue weighted by atomic mass is 19.4. The van der Waals surface area contributed by atoms with E-state index in [2.05, 4.69) is 20.6 Å². The zero-order valence-electron chi connectivity index (χ0n) is 19.6. The highest BCUT2D eigenvalue weighted by Gasteiger charge is 2.35. The zero-order valence-corrected chi connectivity index (χ0v) is 19.6. The normalized spacial score (nSPS) is 21.1. The molecule has 35 heavy (non-hydrogen) atoms. The molecular weight excluding hydrogens is 466 g/mol. The van der Waals surface area contributed by atoms with Crippen LogP contribution < -0.4 is 10.6 Å². The van der Waals surface area contributed by atoms with Gasteiger partial charge in [0.15, 0.2) is 0 Å². The summed E-state index contributed by atoms with van der Waals surface area (Å²) in [5.74, 6) is -1.11. The third-order valence-electron chi connectivity index (χ3n) is 6.57. The van der Waals surface area contributed by atoms with E-state index in [1.54, 1.807) is 24.9 Å². The molecule has 7 nitrogen and oxygen atoms in total. The summed E-state index contributed by atoms with van der Waals surface area (Å²) in [6.45, 7) is 4.28. The number of fused-ring (bicyclic) bond motifs is 1. The van der Waals surface area contributed by atoms with Crippen LogP contribution in [-0.4, -0.2) is 44.7 Å². The number of aliphatic hydroxyl groups is 1. The van der Waals surface area contributed by atoms with Gasteiger partial charge in [-0.05, 0) is 54.9 Å². The fraction of sp³-hybridized carbons (Fsp3) is 0.542. The summed E-state index contributed by atoms with van der Waals surface area (Å²) < 4.78 is 52.9. The lowest BCUT2D eigenvalue weighted by molar-refractivity contribution is -0.140. The third kappa shape index (κ3) is 5.83. The van der Waals surface area contributed by atoms with Crippen LogP contribution in [0.5, 0.6) is 0 Å². The number of hydrogen-bond acceptors (Lipinski definition) is 5. The van der Waals surface area contributed by atoms with Gasteiger partial charge in [0.2, 0.25) is 5.95 Å². The molecule has 1 aromatic carbocycles. The lowest BCUT2D eigenvalue weighted by Gasteiger charge is -2.31. The molecule has 4 rings (SSSR count). The molecule has 2 aliphatic rings. The van der Waals surface area contributed by atoms with Gasteiger partial charge in [-0.25, -0.2) is 19.2 Å². The van der Waals surface area contributed by atoms with Crippen molar-refractivity contribution in [2.45, 2.75) is 70.4 Å². The molecule has 11 heteroatoms. The second-order valence-electron chi connectivity index (χ2n) is 9.55. The molecule has 1 aromatic heterocycles. The van der Waals surface area contributed by atoms with Gasteiger partial charge in [-0.3, -0.25) is 0 Å². The second-order valence-corrected chi connectivity index (χ2v) is 9.55. The number of nitrogens with zero attached hydrogens (tertiary/aromatic N) is 3. The van der Waals surface area contributed by atoms with Crippen LogP contribution in [0.15, 0.2) is 24.4 Å². The van der Waals surface area contributed by atoms with Crippen LogP contribution in [0.1, 0.15) is 61.5 Å². The fourth-order valence-corrected chi connectivity index (χ4v) is 4.63.